The first-order chi connectivity index (χ1) is 7.79. The molecule has 2 N–H and O–H groups in total. The van der Waals surface area contributed by atoms with Gasteiger partial charge in [-0.05, 0) is 6.92 Å². The molecule has 0 fully saturated rings. The molecule has 0 aliphatic heterocycles. The van der Waals surface area contributed by atoms with E-state index in [0.717, 1.165) is 17.9 Å². The number of hydrogen-bond acceptors (Lipinski definition) is 3. The molecular formula is C11H15N5. The van der Waals surface area contributed by atoms with Gasteiger partial charge in [-0.15, -0.1) is 0 Å². The van der Waals surface area contributed by atoms with Crippen LogP contribution in [0, 0.1) is 0 Å². The first-order valence-corrected chi connectivity index (χ1v) is 5.18. The van der Waals surface area contributed by atoms with Gasteiger partial charge in [0.25, 0.3) is 0 Å². The summed E-state index contributed by atoms with van der Waals surface area (Å²) >= 11 is 0. The second-order valence-corrected chi connectivity index (χ2v) is 3.59. The van der Waals surface area contributed by atoms with Gasteiger partial charge in [0, 0.05) is 36.9 Å². The van der Waals surface area contributed by atoms with Gasteiger partial charge in [0.15, 0.2) is 0 Å². The summed E-state index contributed by atoms with van der Waals surface area (Å²) in [5, 5.41) is 7.47. The van der Waals surface area contributed by atoms with Crippen LogP contribution in [0.1, 0.15) is 24.4 Å². The van der Waals surface area contributed by atoms with Crippen molar-refractivity contribution < 1.29 is 0 Å². The Morgan fingerprint density at radius 1 is 1.69 bits per heavy atom. The summed E-state index contributed by atoms with van der Waals surface area (Å²) in [7, 11) is 0. The van der Waals surface area contributed by atoms with Crippen LogP contribution in [0.25, 0.3) is 6.20 Å². The number of aromatic nitrogens is 4. The lowest BCUT2D eigenvalue weighted by molar-refractivity contribution is 0.551. The van der Waals surface area contributed by atoms with Crippen molar-refractivity contribution in [2.75, 3.05) is 0 Å². The van der Waals surface area contributed by atoms with E-state index in [1.807, 2.05) is 18.6 Å². The normalized spacial score (nSPS) is 12.6. The molecule has 0 bridgehead atoms. The van der Waals surface area contributed by atoms with Crippen molar-refractivity contribution in [3.63, 3.8) is 0 Å². The Kier molecular flexibility index (Phi) is 3.16. The average molecular weight is 217 g/mol. The van der Waals surface area contributed by atoms with E-state index >= 15 is 0 Å². The van der Waals surface area contributed by atoms with E-state index in [4.69, 9.17) is 0 Å². The maximum Gasteiger partial charge on any atom is 0.122 e. The van der Waals surface area contributed by atoms with Gasteiger partial charge in [0.05, 0.1) is 12.2 Å². The molecule has 0 aliphatic carbocycles. The third-order valence-electron chi connectivity index (χ3n) is 2.38. The predicted octanol–water partition coefficient (Wildman–Crippen LogP) is 1.56. The van der Waals surface area contributed by atoms with Crippen LogP contribution in [-0.2, 0) is 6.54 Å². The molecule has 0 radical (unpaired) electrons. The van der Waals surface area contributed by atoms with Crippen molar-refractivity contribution in [2.45, 2.75) is 19.5 Å². The molecule has 0 amide bonds. The maximum atomic E-state index is 4.19. The average Bonchev–Trinajstić information content (AvgIpc) is 2.96. The van der Waals surface area contributed by atoms with Crippen LogP contribution in [0.5, 0.6) is 0 Å². The minimum absolute atomic E-state index is 0.196. The number of nitrogens with zero attached hydrogens (tertiary/aromatic N) is 3. The molecule has 0 aromatic carbocycles. The number of imidazole rings is 1. The Hall–Kier alpha value is -1.88. The van der Waals surface area contributed by atoms with Gasteiger partial charge in [-0.3, -0.25) is 0 Å². The number of rotatable bonds is 5. The van der Waals surface area contributed by atoms with E-state index in [0.29, 0.717) is 0 Å². The lowest BCUT2D eigenvalue weighted by Gasteiger charge is -2.09. The molecule has 1 unspecified atom stereocenters. The van der Waals surface area contributed by atoms with Crippen molar-refractivity contribution in [1.29, 1.82) is 0 Å². The summed E-state index contributed by atoms with van der Waals surface area (Å²) in [6.45, 7) is 6.47. The van der Waals surface area contributed by atoms with E-state index < -0.39 is 0 Å². The summed E-state index contributed by atoms with van der Waals surface area (Å²) in [6, 6.07) is 0.196. The molecule has 5 heteroatoms. The second kappa shape index (κ2) is 4.76. The molecule has 2 heterocycles. The molecule has 0 saturated heterocycles. The summed E-state index contributed by atoms with van der Waals surface area (Å²) < 4.78 is 1.69. The minimum atomic E-state index is 0.196. The van der Waals surface area contributed by atoms with Crippen molar-refractivity contribution in [2.24, 2.45) is 0 Å². The molecule has 2 aromatic heterocycles. The Balaban J connectivity index is 1.89. The fourth-order valence-corrected chi connectivity index (χ4v) is 1.45. The summed E-state index contributed by atoms with van der Waals surface area (Å²) in [5.41, 5.74) is 1.12. The van der Waals surface area contributed by atoms with E-state index in [9.17, 15) is 0 Å². The van der Waals surface area contributed by atoms with Crippen LogP contribution in [0.4, 0.5) is 0 Å². The van der Waals surface area contributed by atoms with Gasteiger partial charge in [-0.25, -0.2) is 9.67 Å². The first-order valence-electron chi connectivity index (χ1n) is 5.18. The predicted molar refractivity (Wildman–Crippen MR) is 62.5 cm³/mol. The Morgan fingerprint density at radius 3 is 3.19 bits per heavy atom. The summed E-state index contributed by atoms with van der Waals surface area (Å²) in [6.07, 6.45) is 9.00. The summed E-state index contributed by atoms with van der Waals surface area (Å²) in [5.74, 6) is 0.941. The van der Waals surface area contributed by atoms with Crippen LogP contribution < -0.4 is 5.32 Å². The first kappa shape index (κ1) is 10.6. The quantitative estimate of drug-likeness (QED) is 0.799. The highest BCUT2D eigenvalue weighted by Crippen LogP contribution is 2.07. The fourth-order valence-electron chi connectivity index (χ4n) is 1.45. The van der Waals surface area contributed by atoms with E-state index in [1.54, 1.807) is 17.1 Å². The monoisotopic (exact) mass is 217 g/mol. The molecular weight excluding hydrogens is 202 g/mol. The van der Waals surface area contributed by atoms with E-state index in [-0.39, 0.29) is 6.04 Å². The van der Waals surface area contributed by atoms with Crippen LogP contribution in [0.15, 0.2) is 31.4 Å². The number of aromatic amines is 1. The molecule has 84 valence electrons. The van der Waals surface area contributed by atoms with Crippen LogP contribution in [0.2, 0.25) is 0 Å². The van der Waals surface area contributed by atoms with Crippen molar-refractivity contribution >= 4 is 6.20 Å². The van der Waals surface area contributed by atoms with Crippen molar-refractivity contribution in [3.8, 4) is 0 Å². The zero-order valence-corrected chi connectivity index (χ0v) is 9.22. The lowest BCUT2D eigenvalue weighted by atomic mass is 10.3. The summed E-state index contributed by atoms with van der Waals surface area (Å²) in [4.78, 5) is 7.27. The van der Waals surface area contributed by atoms with Crippen molar-refractivity contribution in [3.05, 3.63) is 42.8 Å². The van der Waals surface area contributed by atoms with Crippen LogP contribution in [-0.4, -0.2) is 19.7 Å². The Labute approximate surface area is 94.2 Å². The fraction of sp³-hybridized carbons (Fsp3) is 0.273. The lowest BCUT2D eigenvalue weighted by Crippen LogP contribution is -2.18. The zero-order chi connectivity index (χ0) is 11.4. The van der Waals surface area contributed by atoms with E-state index in [2.05, 4.69) is 33.9 Å². The molecule has 1 atom stereocenters. The van der Waals surface area contributed by atoms with Gasteiger partial charge in [0.1, 0.15) is 5.82 Å². The third kappa shape index (κ3) is 2.38. The van der Waals surface area contributed by atoms with Gasteiger partial charge in [0.2, 0.25) is 0 Å². The molecule has 0 aliphatic rings. The molecule has 2 rings (SSSR count). The SMILES string of the molecule is C=Cn1cc(CNC(C)c2ncc[nH]2)cn1. The molecule has 0 saturated carbocycles. The van der Waals surface area contributed by atoms with Gasteiger partial charge in [-0.2, -0.15) is 5.10 Å². The highest BCUT2D eigenvalue weighted by Gasteiger charge is 2.06. The van der Waals surface area contributed by atoms with Crippen LogP contribution >= 0.6 is 0 Å². The smallest absolute Gasteiger partial charge is 0.122 e. The molecule has 16 heavy (non-hydrogen) atoms. The number of nitrogens with one attached hydrogen (secondary N) is 2. The van der Waals surface area contributed by atoms with Gasteiger partial charge < -0.3 is 10.3 Å². The molecule has 0 spiro atoms. The number of H-pyrrole nitrogens is 1. The second-order valence-electron chi connectivity index (χ2n) is 3.59. The largest absolute Gasteiger partial charge is 0.347 e. The standard InChI is InChI=1S/C11H15N5/c1-3-16-8-10(7-15-16)6-14-9(2)11-12-4-5-13-11/h3-5,7-9,14H,1,6H2,2H3,(H,12,13). The number of hydrogen-bond donors (Lipinski definition) is 2. The van der Waals surface area contributed by atoms with Crippen LogP contribution in [0.3, 0.4) is 0 Å². The van der Waals surface area contributed by atoms with Gasteiger partial charge in [-0.1, -0.05) is 6.58 Å². The van der Waals surface area contributed by atoms with Gasteiger partial charge >= 0.3 is 0 Å². The molecule has 5 nitrogen and oxygen atoms in total. The maximum absolute atomic E-state index is 4.19. The molecule has 2 aromatic rings. The van der Waals surface area contributed by atoms with Crippen molar-refractivity contribution in [1.82, 2.24) is 25.1 Å². The Bertz CT molecular complexity index is 443. The minimum Gasteiger partial charge on any atom is -0.347 e. The Morgan fingerprint density at radius 2 is 2.56 bits per heavy atom. The third-order valence-corrected chi connectivity index (χ3v) is 2.38. The topological polar surface area (TPSA) is 58.5 Å². The highest BCUT2D eigenvalue weighted by atomic mass is 15.2. The van der Waals surface area contributed by atoms with E-state index in [1.165, 1.54) is 0 Å². The highest BCUT2D eigenvalue weighted by molar-refractivity contribution is 5.17. The zero-order valence-electron chi connectivity index (χ0n) is 9.22.